The number of carbonyl (C=O) groups is 1. The van der Waals surface area contributed by atoms with Crippen molar-refractivity contribution >= 4 is 17.3 Å². The van der Waals surface area contributed by atoms with Gasteiger partial charge in [0.15, 0.2) is 0 Å². The predicted octanol–water partition coefficient (Wildman–Crippen LogP) is 3.30. The molecule has 2 rings (SSSR count). The Morgan fingerprint density at radius 1 is 1.10 bits per heavy atom. The molecular formula is C16H19N3O. The molecule has 1 amide bonds. The zero-order chi connectivity index (χ0) is 14.7. The predicted molar refractivity (Wildman–Crippen MR) is 82.4 cm³/mol. The Bertz CT molecular complexity index is 610. The summed E-state index contributed by atoms with van der Waals surface area (Å²) in [5.74, 6) is -0.192. The van der Waals surface area contributed by atoms with E-state index >= 15 is 0 Å². The molecule has 2 aromatic rings. The van der Waals surface area contributed by atoms with E-state index in [4.69, 9.17) is 0 Å². The van der Waals surface area contributed by atoms with Gasteiger partial charge in [-0.05, 0) is 44.0 Å². The lowest BCUT2D eigenvalue weighted by Gasteiger charge is -2.12. The topological polar surface area (TPSA) is 54.0 Å². The number of rotatable bonds is 3. The van der Waals surface area contributed by atoms with Gasteiger partial charge in [-0.2, -0.15) is 0 Å². The van der Waals surface area contributed by atoms with Crippen molar-refractivity contribution in [2.75, 3.05) is 17.7 Å². The lowest BCUT2D eigenvalue weighted by molar-refractivity contribution is 0.102. The molecule has 0 spiro atoms. The van der Waals surface area contributed by atoms with Crippen molar-refractivity contribution in [1.82, 2.24) is 4.98 Å². The first kappa shape index (κ1) is 14.1. The van der Waals surface area contributed by atoms with Crippen molar-refractivity contribution in [3.8, 4) is 0 Å². The van der Waals surface area contributed by atoms with Crippen molar-refractivity contribution in [2.24, 2.45) is 0 Å². The number of anilines is 2. The van der Waals surface area contributed by atoms with Crippen LogP contribution in [0.15, 0.2) is 30.5 Å². The summed E-state index contributed by atoms with van der Waals surface area (Å²) in [5.41, 5.74) is 5.45. The molecule has 0 radical (unpaired) electrons. The minimum atomic E-state index is -0.192. The maximum absolute atomic E-state index is 12.2. The second-order valence-corrected chi connectivity index (χ2v) is 4.91. The summed E-state index contributed by atoms with van der Waals surface area (Å²) in [5, 5.41) is 5.91. The SMILES string of the molecule is CNc1ccc(C(=O)Nc2c(C)cc(C)cc2C)nc1. The molecule has 0 aliphatic heterocycles. The molecule has 0 unspecified atom stereocenters. The lowest BCUT2D eigenvalue weighted by atomic mass is 10.0. The highest BCUT2D eigenvalue weighted by Gasteiger charge is 2.11. The number of aromatic nitrogens is 1. The van der Waals surface area contributed by atoms with E-state index in [1.807, 2.05) is 33.9 Å². The number of aryl methyl sites for hydroxylation is 3. The highest BCUT2D eigenvalue weighted by Crippen LogP contribution is 2.22. The van der Waals surface area contributed by atoms with Gasteiger partial charge < -0.3 is 10.6 Å². The molecule has 1 aromatic carbocycles. The summed E-state index contributed by atoms with van der Waals surface area (Å²) in [7, 11) is 1.82. The van der Waals surface area contributed by atoms with Gasteiger partial charge in [-0.1, -0.05) is 17.7 Å². The number of hydrogen-bond donors (Lipinski definition) is 2. The summed E-state index contributed by atoms with van der Waals surface area (Å²) < 4.78 is 0. The van der Waals surface area contributed by atoms with Crippen LogP contribution in [0.1, 0.15) is 27.2 Å². The van der Waals surface area contributed by atoms with Crippen LogP contribution >= 0.6 is 0 Å². The van der Waals surface area contributed by atoms with E-state index in [-0.39, 0.29) is 5.91 Å². The van der Waals surface area contributed by atoms with Crippen LogP contribution in [-0.4, -0.2) is 17.9 Å². The Hall–Kier alpha value is -2.36. The summed E-state index contributed by atoms with van der Waals surface area (Å²) in [6, 6.07) is 7.65. The maximum Gasteiger partial charge on any atom is 0.274 e. The van der Waals surface area contributed by atoms with Gasteiger partial charge in [0.25, 0.3) is 5.91 Å². The molecule has 4 nitrogen and oxygen atoms in total. The van der Waals surface area contributed by atoms with E-state index in [1.54, 1.807) is 12.3 Å². The normalized spacial score (nSPS) is 10.2. The fourth-order valence-electron chi connectivity index (χ4n) is 2.23. The maximum atomic E-state index is 12.2. The molecule has 0 fully saturated rings. The van der Waals surface area contributed by atoms with Gasteiger partial charge in [0, 0.05) is 12.7 Å². The van der Waals surface area contributed by atoms with Crippen LogP contribution < -0.4 is 10.6 Å². The van der Waals surface area contributed by atoms with Crippen LogP contribution in [0.3, 0.4) is 0 Å². The number of pyridine rings is 1. The number of nitrogens with one attached hydrogen (secondary N) is 2. The fraction of sp³-hybridized carbons (Fsp3) is 0.250. The monoisotopic (exact) mass is 269 g/mol. The molecule has 1 aromatic heterocycles. The van der Waals surface area contributed by atoms with E-state index in [2.05, 4.69) is 27.8 Å². The summed E-state index contributed by atoms with van der Waals surface area (Å²) >= 11 is 0. The Morgan fingerprint density at radius 3 is 2.25 bits per heavy atom. The quantitative estimate of drug-likeness (QED) is 0.899. The smallest absolute Gasteiger partial charge is 0.274 e. The van der Waals surface area contributed by atoms with Crippen molar-refractivity contribution in [2.45, 2.75) is 20.8 Å². The molecule has 2 N–H and O–H groups in total. The molecule has 0 aliphatic rings. The zero-order valence-corrected chi connectivity index (χ0v) is 12.2. The molecular weight excluding hydrogens is 250 g/mol. The second-order valence-electron chi connectivity index (χ2n) is 4.91. The third-order valence-corrected chi connectivity index (χ3v) is 3.20. The zero-order valence-electron chi connectivity index (χ0n) is 12.2. The standard InChI is InChI=1S/C16H19N3O/c1-10-7-11(2)15(12(3)8-10)19-16(20)14-6-5-13(17-4)9-18-14/h5-9,17H,1-4H3,(H,19,20). The lowest BCUT2D eigenvalue weighted by Crippen LogP contribution is -2.15. The number of benzene rings is 1. The second kappa shape index (κ2) is 5.74. The highest BCUT2D eigenvalue weighted by atomic mass is 16.1. The number of carbonyl (C=O) groups excluding carboxylic acids is 1. The van der Waals surface area contributed by atoms with Gasteiger partial charge in [-0.15, -0.1) is 0 Å². The van der Waals surface area contributed by atoms with E-state index in [9.17, 15) is 4.79 Å². The van der Waals surface area contributed by atoms with Gasteiger partial charge in [0.05, 0.1) is 11.9 Å². The molecule has 20 heavy (non-hydrogen) atoms. The molecule has 0 saturated carbocycles. The molecule has 0 atom stereocenters. The summed E-state index contributed by atoms with van der Waals surface area (Å²) in [6.45, 7) is 6.03. The van der Waals surface area contributed by atoms with E-state index < -0.39 is 0 Å². The molecule has 0 bridgehead atoms. The third-order valence-electron chi connectivity index (χ3n) is 3.20. The van der Waals surface area contributed by atoms with Gasteiger partial charge >= 0.3 is 0 Å². The first-order valence-electron chi connectivity index (χ1n) is 6.54. The van der Waals surface area contributed by atoms with Crippen molar-refractivity contribution in [3.05, 3.63) is 52.8 Å². The van der Waals surface area contributed by atoms with Crippen LogP contribution in [-0.2, 0) is 0 Å². The Kier molecular flexibility index (Phi) is 4.03. The number of amides is 1. The van der Waals surface area contributed by atoms with Crippen molar-refractivity contribution < 1.29 is 4.79 Å². The van der Waals surface area contributed by atoms with Crippen molar-refractivity contribution in [1.29, 1.82) is 0 Å². The third kappa shape index (κ3) is 2.96. The first-order chi connectivity index (χ1) is 9.51. The Balaban J connectivity index is 2.23. The average molecular weight is 269 g/mol. The van der Waals surface area contributed by atoms with Crippen LogP contribution in [0.2, 0.25) is 0 Å². The van der Waals surface area contributed by atoms with Crippen LogP contribution in [0.25, 0.3) is 0 Å². The fourth-order valence-corrected chi connectivity index (χ4v) is 2.23. The minimum Gasteiger partial charge on any atom is -0.387 e. The van der Waals surface area contributed by atoms with Crippen LogP contribution in [0, 0.1) is 20.8 Å². The molecule has 104 valence electrons. The van der Waals surface area contributed by atoms with Gasteiger partial charge in [-0.3, -0.25) is 4.79 Å². The Morgan fingerprint density at radius 2 is 1.75 bits per heavy atom. The molecule has 0 aliphatic carbocycles. The van der Waals surface area contributed by atoms with Crippen LogP contribution in [0.4, 0.5) is 11.4 Å². The molecule has 1 heterocycles. The Labute approximate surface area is 119 Å². The van der Waals surface area contributed by atoms with E-state index in [0.29, 0.717) is 5.69 Å². The van der Waals surface area contributed by atoms with Gasteiger partial charge in [-0.25, -0.2) is 4.98 Å². The highest BCUT2D eigenvalue weighted by molar-refractivity contribution is 6.03. The largest absolute Gasteiger partial charge is 0.387 e. The minimum absolute atomic E-state index is 0.192. The van der Waals surface area contributed by atoms with Crippen molar-refractivity contribution in [3.63, 3.8) is 0 Å². The molecule has 4 heteroatoms. The van der Waals surface area contributed by atoms with E-state index in [0.717, 1.165) is 22.5 Å². The van der Waals surface area contributed by atoms with Gasteiger partial charge in [0.1, 0.15) is 5.69 Å². The average Bonchev–Trinajstić information content (AvgIpc) is 2.42. The summed E-state index contributed by atoms with van der Waals surface area (Å²) in [4.78, 5) is 16.4. The van der Waals surface area contributed by atoms with Gasteiger partial charge in [0.2, 0.25) is 0 Å². The number of hydrogen-bond acceptors (Lipinski definition) is 3. The number of nitrogens with zero attached hydrogens (tertiary/aromatic N) is 1. The first-order valence-corrected chi connectivity index (χ1v) is 6.54. The van der Waals surface area contributed by atoms with Crippen LogP contribution in [0.5, 0.6) is 0 Å². The summed E-state index contributed by atoms with van der Waals surface area (Å²) in [6.07, 6.45) is 1.64. The molecule has 0 saturated heterocycles. The van der Waals surface area contributed by atoms with E-state index in [1.165, 1.54) is 5.56 Å².